The molecule has 3 aliphatic rings. The molecule has 2 N–H and O–H groups in total. The van der Waals surface area contributed by atoms with E-state index in [2.05, 4.69) is 60.7 Å². The Morgan fingerprint density at radius 3 is 2.75 bits per heavy atom. The SMILES string of the molecule is NCC1C=Cc2ccc3c(c2C1)CC(C1=CC=CC=CN1Cl)c1ccccc1-3. The summed E-state index contributed by atoms with van der Waals surface area (Å²) in [7, 11) is 0. The fourth-order valence-corrected chi connectivity index (χ4v) is 4.95. The second-order valence-electron chi connectivity index (χ2n) is 7.69. The fourth-order valence-electron chi connectivity index (χ4n) is 4.72. The molecule has 0 saturated heterocycles. The van der Waals surface area contributed by atoms with E-state index in [1.165, 1.54) is 33.4 Å². The smallest absolute Gasteiger partial charge is 0.0426 e. The maximum absolute atomic E-state index is 6.61. The van der Waals surface area contributed by atoms with Crippen molar-refractivity contribution in [3.63, 3.8) is 0 Å². The van der Waals surface area contributed by atoms with E-state index in [9.17, 15) is 0 Å². The monoisotopic (exact) mass is 386 g/mol. The highest BCUT2D eigenvalue weighted by atomic mass is 35.5. The highest BCUT2D eigenvalue weighted by Gasteiger charge is 2.31. The molecule has 2 aromatic rings. The van der Waals surface area contributed by atoms with Gasteiger partial charge in [-0.1, -0.05) is 60.7 Å². The molecule has 2 nitrogen and oxygen atoms in total. The molecule has 3 heteroatoms. The number of benzene rings is 2. The maximum atomic E-state index is 6.61. The Balaban J connectivity index is 1.69. The van der Waals surface area contributed by atoms with Crippen LogP contribution in [0.15, 0.2) is 78.7 Å². The first-order valence-electron chi connectivity index (χ1n) is 9.88. The third-order valence-corrected chi connectivity index (χ3v) is 6.44. The van der Waals surface area contributed by atoms with Gasteiger partial charge in [-0.15, -0.1) is 0 Å². The van der Waals surface area contributed by atoms with Crippen LogP contribution < -0.4 is 5.73 Å². The van der Waals surface area contributed by atoms with Crippen molar-refractivity contribution in [2.24, 2.45) is 11.7 Å². The Morgan fingerprint density at radius 2 is 1.86 bits per heavy atom. The number of allylic oxidation sites excluding steroid dienone is 5. The second-order valence-corrected chi connectivity index (χ2v) is 8.06. The lowest BCUT2D eigenvalue weighted by Crippen LogP contribution is -2.23. The van der Waals surface area contributed by atoms with Crippen molar-refractivity contribution >= 4 is 17.9 Å². The summed E-state index contributed by atoms with van der Waals surface area (Å²) in [6, 6.07) is 13.3. The van der Waals surface area contributed by atoms with Crippen molar-refractivity contribution in [3.05, 3.63) is 101 Å². The minimum atomic E-state index is 0.224. The Kier molecular flexibility index (Phi) is 4.46. The van der Waals surface area contributed by atoms with E-state index < -0.39 is 0 Å². The number of hydrogen-bond donors (Lipinski definition) is 1. The molecular formula is C25H23ClN2. The van der Waals surface area contributed by atoms with Gasteiger partial charge in [0.05, 0.1) is 0 Å². The largest absolute Gasteiger partial charge is 0.330 e. The van der Waals surface area contributed by atoms with E-state index >= 15 is 0 Å². The van der Waals surface area contributed by atoms with E-state index in [1.54, 1.807) is 4.42 Å². The standard InChI is InChI=1S/C25H23ClN2/c26-28-13-5-1-2-8-25(28)24-15-23-21(19-6-3-4-7-20(19)24)12-11-18-10-9-17(16-27)14-22(18)23/h1-13,17,24H,14-16,27H2. The maximum Gasteiger partial charge on any atom is 0.0426 e. The van der Waals surface area contributed by atoms with Crippen molar-refractivity contribution in [1.29, 1.82) is 0 Å². The normalized spacial score (nSPS) is 22.2. The first-order valence-corrected chi connectivity index (χ1v) is 10.2. The van der Waals surface area contributed by atoms with Crippen LogP contribution in [0.4, 0.5) is 0 Å². The van der Waals surface area contributed by atoms with Gasteiger partial charge >= 0.3 is 0 Å². The van der Waals surface area contributed by atoms with Crippen LogP contribution in [-0.4, -0.2) is 11.0 Å². The Morgan fingerprint density at radius 1 is 0.964 bits per heavy atom. The van der Waals surface area contributed by atoms with Gasteiger partial charge in [0, 0.05) is 29.6 Å². The summed E-state index contributed by atoms with van der Waals surface area (Å²) >= 11 is 6.61. The molecule has 1 aliphatic heterocycles. The number of fused-ring (bicyclic) bond motifs is 5. The highest BCUT2D eigenvalue weighted by molar-refractivity contribution is 6.15. The summed E-state index contributed by atoms with van der Waals surface area (Å²) in [5.74, 6) is 0.643. The van der Waals surface area contributed by atoms with Crippen molar-refractivity contribution < 1.29 is 0 Å². The molecule has 2 aromatic carbocycles. The molecular weight excluding hydrogens is 364 g/mol. The summed E-state index contributed by atoms with van der Waals surface area (Å²) in [6.07, 6.45) is 16.6. The molecule has 0 saturated carbocycles. The van der Waals surface area contributed by atoms with Crippen LogP contribution in [-0.2, 0) is 12.8 Å². The lowest BCUT2D eigenvalue weighted by Gasteiger charge is -2.34. The van der Waals surface area contributed by atoms with Gasteiger partial charge in [-0.2, -0.15) is 0 Å². The van der Waals surface area contributed by atoms with Crippen LogP contribution >= 0.6 is 11.8 Å². The van der Waals surface area contributed by atoms with Crippen molar-refractivity contribution in [3.8, 4) is 11.1 Å². The highest BCUT2D eigenvalue weighted by Crippen LogP contribution is 2.46. The third kappa shape index (κ3) is 2.85. The number of nitrogens with two attached hydrogens (primary N) is 1. The molecule has 5 rings (SSSR count). The van der Waals surface area contributed by atoms with Crippen molar-refractivity contribution in [2.45, 2.75) is 18.8 Å². The molecule has 1 heterocycles. The average Bonchev–Trinajstić information content (AvgIpc) is 2.96. The van der Waals surface area contributed by atoms with Gasteiger partial charge in [0.2, 0.25) is 0 Å². The van der Waals surface area contributed by atoms with E-state index in [4.69, 9.17) is 17.5 Å². The molecule has 2 atom stereocenters. The summed E-state index contributed by atoms with van der Waals surface area (Å²) in [5.41, 5.74) is 15.4. The summed E-state index contributed by atoms with van der Waals surface area (Å²) < 4.78 is 1.74. The topological polar surface area (TPSA) is 29.3 Å². The van der Waals surface area contributed by atoms with Gasteiger partial charge < -0.3 is 5.73 Å². The van der Waals surface area contributed by atoms with Gasteiger partial charge in [-0.3, -0.25) is 4.42 Å². The number of halogens is 1. The predicted octanol–water partition coefficient (Wildman–Crippen LogP) is 5.56. The van der Waals surface area contributed by atoms with Gasteiger partial charge in [-0.05, 0) is 70.8 Å². The quantitative estimate of drug-likeness (QED) is 0.684. The van der Waals surface area contributed by atoms with E-state index in [0.29, 0.717) is 12.5 Å². The van der Waals surface area contributed by atoms with Gasteiger partial charge in [-0.25, -0.2) is 0 Å². The first kappa shape index (κ1) is 17.5. The predicted molar refractivity (Wildman–Crippen MR) is 118 cm³/mol. The van der Waals surface area contributed by atoms with Crippen LogP contribution in [0.2, 0.25) is 0 Å². The molecule has 0 amide bonds. The van der Waals surface area contributed by atoms with E-state index in [1.807, 2.05) is 18.4 Å². The zero-order chi connectivity index (χ0) is 19.1. The number of hydrogen-bond acceptors (Lipinski definition) is 2. The van der Waals surface area contributed by atoms with E-state index in [-0.39, 0.29) is 5.92 Å². The minimum absolute atomic E-state index is 0.224. The number of rotatable bonds is 2. The molecule has 0 fully saturated rings. The zero-order valence-corrected chi connectivity index (χ0v) is 16.4. The summed E-state index contributed by atoms with van der Waals surface area (Å²) in [4.78, 5) is 0. The van der Waals surface area contributed by atoms with Crippen molar-refractivity contribution in [1.82, 2.24) is 4.42 Å². The molecule has 0 spiro atoms. The molecule has 28 heavy (non-hydrogen) atoms. The lowest BCUT2D eigenvalue weighted by molar-refractivity contribution is 0.605. The number of nitrogens with zero attached hydrogens (tertiary/aromatic N) is 1. The Labute approximate surface area is 171 Å². The lowest BCUT2D eigenvalue weighted by atomic mass is 9.73. The van der Waals surface area contributed by atoms with E-state index in [0.717, 1.165) is 18.5 Å². The van der Waals surface area contributed by atoms with Gasteiger partial charge in [0.25, 0.3) is 0 Å². The third-order valence-electron chi connectivity index (χ3n) is 6.13. The molecule has 0 bridgehead atoms. The zero-order valence-electron chi connectivity index (χ0n) is 15.7. The Bertz CT molecular complexity index is 1040. The minimum Gasteiger partial charge on any atom is -0.330 e. The molecule has 140 valence electrons. The van der Waals surface area contributed by atoms with Crippen molar-refractivity contribution in [2.75, 3.05) is 6.54 Å². The fraction of sp³-hybridized carbons (Fsp3) is 0.200. The molecule has 2 aliphatic carbocycles. The van der Waals surface area contributed by atoms with Crippen LogP contribution in [0, 0.1) is 5.92 Å². The molecule has 0 radical (unpaired) electrons. The van der Waals surface area contributed by atoms with Crippen LogP contribution in [0.1, 0.15) is 28.2 Å². The molecule has 0 aromatic heterocycles. The summed E-state index contributed by atoms with van der Waals surface area (Å²) in [5, 5.41) is 0. The Hall–Kier alpha value is -2.55. The average molecular weight is 387 g/mol. The second kappa shape index (κ2) is 7.12. The van der Waals surface area contributed by atoms with Crippen LogP contribution in [0.25, 0.3) is 17.2 Å². The van der Waals surface area contributed by atoms with Gasteiger partial charge in [0.1, 0.15) is 0 Å². The van der Waals surface area contributed by atoms with Crippen LogP contribution in [0.3, 0.4) is 0 Å². The summed E-state index contributed by atoms with van der Waals surface area (Å²) in [6.45, 7) is 0.690. The first-order chi connectivity index (χ1) is 13.8. The van der Waals surface area contributed by atoms with Gasteiger partial charge in [0.15, 0.2) is 0 Å². The molecule has 2 unspecified atom stereocenters. The van der Waals surface area contributed by atoms with Crippen LogP contribution in [0.5, 0.6) is 0 Å².